The minimum absolute atomic E-state index is 0.0235. The molecule has 3 rings (SSSR count). The third-order valence-corrected chi connectivity index (χ3v) is 4.32. The topological polar surface area (TPSA) is 44.4 Å². The van der Waals surface area contributed by atoms with Crippen LogP contribution in [0.4, 0.5) is 25.0 Å². The molecule has 0 aromatic heterocycles. The zero-order valence-corrected chi connectivity index (χ0v) is 14.2. The van der Waals surface area contributed by atoms with Gasteiger partial charge in [0.2, 0.25) is 0 Å². The molecule has 1 saturated heterocycles. The van der Waals surface area contributed by atoms with Crippen LogP contribution in [0.5, 0.6) is 0 Å². The summed E-state index contributed by atoms with van der Waals surface area (Å²) in [5.41, 5.74) is 0.914. The highest BCUT2D eigenvalue weighted by molar-refractivity contribution is 6.30. The van der Waals surface area contributed by atoms with Crippen LogP contribution in [0, 0.1) is 11.6 Å². The summed E-state index contributed by atoms with van der Waals surface area (Å²) in [6.45, 7) is 1.56. The minimum Gasteiger partial charge on any atom is -0.367 e. The van der Waals surface area contributed by atoms with Crippen LogP contribution in [0.1, 0.15) is 18.4 Å². The van der Waals surface area contributed by atoms with Crippen molar-refractivity contribution in [3.63, 3.8) is 0 Å². The van der Waals surface area contributed by atoms with Gasteiger partial charge in [0.1, 0.15) is 5.69 Å². The van der Waals surface area contributed by atoms with Gasteiger partial charge in [-0.15, -0.1) is 0 Å². The van der Waals surface area contributed by atoms with E-state index in [1.807, 2.05) is 0 Å². The number of rotatable bonds is 4. The molecule has 2 aromatic carbocycles. The van der Waals surface area contributed by atoms with E-state index in [1.165, 1.54) is 0 Å². The van der Waals surface area contributed by atoms with Gasteiger partial charge < -0.3 is 15.5 Å². The summed E-state index contributed by atoms with van der Waals surface area (Å²) in [6.07, 6.45) is 1.85. The molecule has 0 radical (unpaired) electrons. The van der Waals surface area contributed by atoms with E-state index in [2.05, 4.69) is 10.6 Å². The van der Waals surface area contributed by atoms with Crippen molar-refractivity contribution in [3.8, 4) is 0 Å². The van der Waals surface area contributed by atoms with Gasteiger partial charge in [0, 0.05) is 30.3 Å². The number of benzene rings is 2. The molecule has 7 heteroatoms. The first-order chi connectivity index (χ1) is 12.0. The fourth-order valence-corrected chi connectivity index (χ4v) is 2.97. The summed E-state index contributed by atoms with van der Waals surface area (Å²) in [5, 5.41) is 5.68. The molecule has 25 heavy (non-hydrogen) atoms. The molecule has 1 fully saturated rings. The Morgan fingerprint density at radius 1 is 1.08 bits per heavy atom. The van der Waals surface area contributed by atoms with Crippen molar-refractivity contribution >= 4 is 29.0 Å². The van der Waals surface area contributed by atoms with Gasteiger partial charge in [-0.25, -0.2) is 13.6 Å². The smallest absolute Gasteiger partial charge is 0.319 e. The Kier molecular flexibility index (Phi) is 5.38. The normalized spacial score (nSPS) is 13.8. The summed E-state index contributed by atoms with van der Waals surface area (Å²) in [7, 11) is 0. The van der Waals surface area contributed by atoms with E-state index in [-0.39, 0.29) is 17.9 Å². The highest BCUT2D eigenvalue weighted by atomic mass is 35.5. The molecule has 0 bridgehead atoms. The summed E-state index contributed by atoms with van der Waals surface area (Å²) in [4.78, 5) is 13.6. The van der Waals surface area contributed by atoms with E-state index >= 15 is 0 Å². The highest BCUT2D eigenvalue weighted by Crippen LogP contribution is 2.29. The quantitative estimate of drug-likeness (QED) is 0.835. The summed E-state index contributed by atoms with van der Waals surface area (Å²) >= 11 is 5.80. The number of carbonyl (C=O) groups excluding carboxylic acids is 1. The molecule has 2 amide bonds. The molecule has 0 aliphatic carbocycles. The molecule has 1 heterocycles. The standard InChI is InChI=1S/C18H18ClF2N3O/c19-13-5-3-12(4-6-13)11-22-18(25)23-14-9-15(20)17(16(21)10-14)24-7-1-2-8-24/h3-6,9-10H,1-2,7-8,11H2,(H2,22,23,25). The minimum atomic E-state index is -0.671. The van der Waals surface area contributed by atoms with Crippen LogP contribution in [0.3, 0.4) is 0 Å². The van der Waals surface area contributed by atoms with Crippen LogP contribution < -0.4 is 15.5 Å². The Hall–Kier alpha value is -2.34. The number of amides is 2. The number of hydrogen-bond acceptors (Lipinski definition) is 2. The zero-order valence-electron chi connectivity index (χ0n) is 13.5. The first-order valence-electron chi connectivity index (χ1n) is 8.06. The van der Waals surface area contributed by atoms with Crippen LogP contribution in [0.25, 0.3) is 0 Å². The lowest BCUT2D eigenvalue weighted by molar-refractivity contribution is 0.251. The van der Waals surface area contributed by atoms with Crippen LogP contribution in [0.2, 0.25) is 5.02 Å². The van der Waals surface area contributed by atoms with Gasteiger partial charge >= 0.3 is 6.03 Å². The summed E-state index contributed by atoms with van der Waals surface area (Å²) < 4.78 is 28.5. The molecule has 0 saturated carbocycles. The van der Waals surface area contributed by atoms with Crippen molar-refractivity contribution in [2.24, 2.45) is 0 Å². The van der Waals surface area contributed by atoms with Gasteiger partial charge in [-0.1, -0.05) is 23.7 Å². The fourth-order valence-electron chi connectivity index (χ4n) is 2.84. The molecule has 0 spiro atoms. The van der Waals surface area contributed by atoms with Gasteiger partial charge in [0.05, 0.1) is 0 Å². The van der Waals surface area contributed by atoms with E-state index in [0.717, 1.165) is 30.5 Å². The SMILES string of the molecule is O=C(NCc1ccc(Cl)cc1)Nc1cc(F)c(N2CCCC2)c(F)c1. The van der Waals surface area contributed by atoms with E-state index in [9.17, 15) is 13.6 Å². The van der Waals surface area contributed by atoms with Gasteiger partial charge in [-0.2, -0.15) is 0 Å². The van der Waals surface area contributed by atoms with Crippen molar-refractivity contribution < 1.29 is 13.6 Å². The molecule has 2 N–H and O–H groups in total. The number of urea groups is 1. The van der Waals surface area contributed by atoms with Crippen LogP contribution in [-0.4, -0.2) is 19.1 Å². The third-order valence-electron chi connectivity index (χ3n) is 4.06. The number of nitrogens with one attached hydrogen (secondary N) is 2. The highest BCUT2D eigenvalue weighted by Gasteiger charge is 2.21. The Balaban J connectivity index is 1.62. The Labute approximate surface area is 149 Å². The largest absolute Gasteiger partial charge is 0.367 e. The van der Waals surface area contributed by atoms with E-state index in [0.29, 0.717) is 18.1 Å². The molecular weight excluding hydrogens is 348 g/mol. The molecule has 2 aromatic rings. The van der Waals surface area contributed by atoms with Crippen molar-refractivity contribution in [3.05, 3.63) is 58.6 Å². The van der Waals surface area contributed by atoms with Crippen molar-refractivity contribution in [1.29, 1.82) is 0 Å². The molecule has 1 aliphatic rings. The van der Waals surface area contributed by atoms with E-state index in [4.69, 9.17) is 11.6 Å². The van der Waals surface area contributed by atoms with Crippen LogP contribution in [0.15, 0.2) is 36.4 Å². The number of halogens is 3. The maximum Gasteiger partial charge on any atom is 0.319 e. The summed E-state index contributed by atoms with van der Waals surface area (Å²) in [6, 6.07) is 8.75. The molecular formula is C18H18ClF2N3O. The van der Waals surface area contributed by atoms with Gasteiger partial charge in [0.15, 0.2) is 11.6 Å². The fraction of sp³-hybridized carbons (Fsp3) is 0.278. The lowest BCUT2D eigenvalue weighted by Crippen LogP contribution is -2.28. The van der Waals surface area contributed by atoms with Crippen LogP contribution in [-0.2, 0) is 6.54 Å². The predicted octanol–water partition coefficient (Wildman–Crippen LogP) is 4.54. The average Bonchev–Trinajstić information content (AvgIpc) is 3.08. The summed E-state index contributed by atoms with van der Waals surface area (Å²) in [5.74, 6) is -1.34. The second kappa shape index (κ2) is 7.70. The Bertz CT molecular complexity index is 738. The van der Waals surface area contributed by atoms with E-state index < -0.39 is 17.7 Å². The number of hydrogen-bond donors (Lipinski definition) is 2. The van der Waals surface area contributed by atoms with Crippen molar-refractivity contribution in [2.45, 2.75) is 19.4 Å². The average molecular weight is 366 g/mol. The molecule has 1 aliphatic heterocycles. The first kappa shape index (κ1) is 17.5. The molecule has 0 atom stereocenters. The van der Waals surface area contributed by atoms with Crippen LogP contribution >= 0.6 is 11.6 Å². The number of anilines is 2. The van der Waals surface area contributed by atoms with Crippen molar-refractivity contribution in [2.75, 3.05) is 23.3 Å². The second-order valence-corrected chi connectivity index (χ2v) is 6.35. The third kappa shape index (κ3) is 4.39. The molecule has 132 valence electrons. The lowest BCUT2D eigenvalue weighted by atomic mass is 10.2. The lowest BCUT2D eigenvalue weighted by Gasteiger charge is -2.20. The number of carbonyl (C=O) groups is 1. The Morgan fingerprint density at radius 2 is 1.68 bits per heavy atom. The second-order valence-electron chi connectivity index (χ2n) is 5.92. The molecule has 0 unspecified atom stereocenters. The van der Waals surface area contributed by atoms with E-state index in [1.54, 1.807) is 29.2 Å². The predicted molar refractivity (Wildman–Crippen MR) is 95.1 cm³/mol. The first-order valence-corrected chi connectivity index (χ1v) is 8.44. The Morgan fingerprint density at radius 3 is 2.28 bits per heavy atom. The monoisotopic (exact) mass is 365 g/mol. The zero-order chi connectivity index (χ0) is 17.8. The maximum atomic E-state index is 14.2. The number of nitrogens with zero attached hydrogens (tertiary/aromatic N) is 1. The van der Waals surface area contributed by atoms with Crippen molar-refractivity contribution in [1.82, 2.24) is 5.32 Å². The van der Waals surface area contributed by atoms with Gasteiger partial charge in [0.25, 0.3) is 0 Å². The van der Waals surface area contributed by atoms with Gasteiger partial charge in [-0.05, 0) is 42.7 Å². The molecule has 4 nitrogen and oxygen atoms in total. The maximum absolute atomic E-state index is 14.2. The van der Waals surface area contributed by atoms with Gasteiger partial charge in [-0.3, -0.25) is 0 Å².